The zero-order chi connectivity index (χ0) is 17.7. The Labute approximate surface area is 156 Å². The number of benzene rings is 1. The third kappa shape index (κ3) is 3.13. The lowest BCUT2D eigenvalue weighted by Gasteiger charge is -2.54. The van der Waals surface area contributed by atoms with Gasteiger partial charge in [-0.3, -0.25) is 4.79 Å². The van der Waals surface area contributed by atoms with Gasteiger partial charge in [0.1, 0.15) is 11.9 Å². The van der Waals surface area contributed by atoms with E-state index in [-0.39, 0.29) is 18.1 Å². The second-order valence-electron chi connectivity index (χ2n) is 9.22. The molecule has 2 atom stereocenters. The quantitative estimate of drug-likeness (QED) is 0.874. The number of carbonyl (C=O) groups excluding carboxylic acids is 1. The maximum absolute atomic E-state index is 12.9. The summed E-state index contributed by atoms with van der Waals surface area (Å²) in [5.74, 6) is 4.45. The van der Waals surface area contributed by atoms with Crippen molar-refractivity contribution in [2.24, 2.45) is 23.7 Å². The molecule has 1 aliphatic heterocycles. The third-order valence-corrected chi connectivity index (χ3v) is 7.23. The van der Waals surface area contributed by atoms with Crippen LogP contribution < -0.4 is 15.4 Å². The second-order valence-corrected chi connectivity index (χ2v) is 9.22. The van der Waals surface area contributed by atoms with Gasteiger partial charge in [-0.15, -0.1) is 0 Å². The Morgan fingerprint density at radius 1 is 1.08 bits per heavy atom. The predicted octanol–water partition coefficient (Wildman–Crippen LogP) is 3.05. The van der Waals surface area contributed by atoms with Gasteiger partial charge < -0.3 is 15.4 Å². The molecule has 4 aliphatic carbocycles. The fraction of sp³-hybridized carbons (Fsp3) is 0.682. The molecule has 1 heterocycles. The molecular formula is C22H30N2O2. The zero-order valence-electron chi connectivity index (χ0n) is 15.6. The number of aryl methyl sites for hydroxylation is 1. The monoisotopic (exact) mass is 354 g/mol. The van der Waals surface area contributed by atoms with Crippen LogP contribution in [-0.2, 0) is 4.79 Å². The lowest BCUT2D eigenvalue weighted by atomic mass is 9.54. The molecular weight excluding hydrogens is 324 g/mol. The lowest BCUT2D eigenvalue weighted by molar-refractivity contribution is -0.126. The van der Waals surface area contributed by atoms with Crippen LogP contribution in [0.1, 0.15) is 44.1 Å². The van der Waals surface area contributed by atoms with Gasteiger partial charge >= 0.3 is 0 Å². The van der Waals surface area contributed by atoms with Crippen molar-refractivity contribution in [1.29, 1.82) is 0 Å². The molecule has 5 fully saturated rings. The van der Waals surface area contributed by atoms with E-state index in [1.165, 1.54) is 37.7 Å². The highest BCUT2D eigenvalue weighted by Crippen LogP contribution is 2.53. The van der Waals surface area contributed by atoms with Crippen LogP contribution in [0.15, 0.2) is 24.3 Å². The van der Waals surface area contributed by atoms with Crippen molar-refractivity contribution >= 4 is 5.91 Å². The molecule has 0 unspecified atom stereocenters. The number of hydrogen-bond donors (Lipinski definition) is 2. The van der Waals surface area contributed by atoms with Crippen LogP contribution in [0, 0.1) is 30.6 Å². The van der Waals surface area contributed by atoms with Gasteiger partial charge in [0.25, 0.3) is 0 Å². The highest BCUT2D eigenvalue weighted by molar-refractivity contribution is 5.82. The van der Waals surface area contributed by atoms with Crippen molar-refractivity contribution in [3.63, 3.8) is 0 Å². The first kappa shape index (κ1) is 16.6. The molecule has 4 heteroatoms. The molecule has 4 nitrogen and oxygen atoms in total. The Kier molecular flexibility index (Phi) is 4.19. The average molecular weight is 354 g/mol. The topological polar surface area (TPSA) is 50.4 Å². The second kappa shape index (κ2) is 6.56. The van der Waals surface area contributed by atoms with Crippen LogP contribution in [0.25, 0.3) is 0 Å². The fourth-order valence-electron chi connectivity index (χ4n) is 6.30. The molecule has 0 spiro atoms. The van der Waals surface area contributed by atoms with E-state index in [2.05, 4.69) is 29.7 Å². The summed E-state index contributed by atoms with van der Waals surface area (Å²) in [4.78, 5) is 12.9. The van der Waals surface area contributed by atoms with Crippen molar-refractivity contribution in [3.05, 3.63) is 29.8 Å². The normalized spacial score (nSPS) is 40.6. The molecule has 1 aromatic carbocycles. The van der Waals surface area contributed by atoms with Crippen molar-refractivity contribution in [2.45, 2.75) is 63.6 Å². The largest absolute Gasteiger partial charge is 0.489 e. The summed E-state index contributed by atoms with van der Waals surface area (Å²) >= 11 is 0. The fourth-order valence-corrected chi connectivity index (χ4v) is 6.30. The minimum absolute atomic E-state index is 0.0750. The minimum Gasteiger partial charge on any atom is -0.489 e. The molecule has 1 saturated heterocycles. The third-order valence-electron chi connectivity index (χ3n) is 7.23. The molecule has 5 aliphatic rings. The Balaban J connectivity index is 1.17. The number of nitrogens with one attached hydrogen (secondary N) is 2. The smallest absolute Gasteiger partial charge is 0.237 e. The summed E-state index contributed by atoms with van der Waals surface area (Å²) < 4.78 is 6.08. The van der Waals surface area contributed by atoms with Crippen LogP contribution in [0.3, 0.4) is 0 Å². The molecule has 2 N–H and O–H groups in total. The Morgan fingerprint density at radius 2 is 1.81 bits per heavy atom. The molecule has 6 rings (SSSR count). The number of rotatable bonds is 4. The van der Waals surface area contributed by atoms with Gasteiger partial charge in [-0.1, -0.05) is 12.1 Å². The van der Waals surface area contributed by atoms with Gasteiger partial charge in [0.05, 0.1) is 6.04 Å². The predicted molar refractivity (Wildman–Crippen MR) is 101 cm³/mol. The van der Waals surface area contributed by atoms with Crippen LogP contribution in [-0.4, -0.2) is 30.6 Å². The molecule has 4 bridgehead atoms. The summed E-state index contributed by atoms with van der Waals surface area (Å²) in [7, 11) is 0. The van der Waals surface area contributed by atoms with E-state index >= 15 is 0 Å². The van der Waals surface area contributed by atoms with Gasteiger partial charge in [-0.2, -0.15) is 0 Å². The summed E-state index contributed by atoms with van der Waals surface area (Å²) in [5.41, 5.74) is 1.20. The van der Waals surface area contributed by atoms with E-state index in [1.807, 2.05) is 12.1 Å². The lowest BCUT2D eigenvalue weighted by Crippen LogP contribution is -2.58. The molecule has 0 aromatic heterocycles. The van der Waals surface area contributed by atoms with Crippen molar-refractivity contribution in [1.82, 2.24) is 10.6 Å². The average Bonchev–Trinajstić information content (AvgIpc) is 3.06. The standard InChI is InChI=1S/C22H30N2O2/c1-13-3-2-4-18(5-13)26-19-11-20(23-12-19)22(25)24-21-16-7-14-6-15(9-16)10-17(21)8-14/h2-5,14-17,19-21,23H,6-12H2,1H3,(H,24,25)/t14?,15?,16?,17?,19-,20-,21?/m0/s1. The maximum atomic E-state index is 12.9. The summed E-state index contributed by atoms with van der Waals surface area (Å²) in [5, 5.41) is 6.82. The highest BCUT2D eigenvalue weighted by atomic mass is 16.5. The molecule has 1 amide bonds. The van der Waals surface area contributed by atoms with Crippen LogP contribution in [0.5, 0.6) is 5.75 Å². The van der Waals surface area contributed by atoms with Gasteiger partial charge in [0.2, 0.25) is 5.91 Å². The van der Waals surface area contributed by atoms with Gasteiger partial charge in [-0.05, 0) is 80.4 Å². The number of amides is 1. The van der Waals surface area contributed by atoms with Gasteiger partial charge in [0, 0.05) is 19.0 Å². The summed E-state index contributed by atoms with van der Waals surface area (Å²) in [6.45, 7) is 2.81. The van der Waals surface area contributed by atoms with Gasteiger partial charge in [-0.25, -0.2) is 0 Å². The molecule has 0 radical (unpaired) electrons. The van der Waals surface area contributed by atoms with Crippen LogP contribution in [0.4, 0.5) is 0 Å². The molecule has 1 aromatic rings. The Hall–Kier alpha value is -1.55. The number of carbonyl (C=O) groups is 1. The van der Waals surface area contributed by atoms with Crippen molar-refractivity contribution in [2.75, 3.05) is 6.54 Å². The van der Waals surface area contributed by atoms with E-state index in [4.69, 9.17) is 4.74 Å². The Bertz CT molecular complexity index is 660. The summed E-state index contributed by atoms with van der Waals surface area (Å²) in [6.07, 6.45) is 7.66. The Morgan fingerprint density at radius 3 is 2.50 bits per heavy atom. The van der Waals surface area contributed by atoms with Crippen molar-refractivity contribution < 1.29 is 9.53 Å². The van der Waals surface area contributed by atoms with Gasteiger partial charge in [0.15, 0.2) is 0 Å². The maximum Gasteiger partial charge on any atom is 0.237 e. The molecule has 4 saturated carbocycles. The zero-order valence-corrected chi connectivity index (χ0v) is 15.6. The molecule has 26 heavy (non-hydrogen) atoms. The number of hydrogen-bond acceptors (Lipinski definition) is 3. The summed E-state index contributed by atoms with van der Waals surface area (Å²) in [6, 6.07) is 8.46. The van der Waals surface area contributed by atoms with Crippen LogP contribution in [0.2, 0.25) is 0 Å². The SMILES string of the molecule is Cc1cccc(O[C@@H]2CN[C@H](C(=O)NC3C4CC5CC(C4)CC3C5)C2)c1. The first-order valence-corrected chi connectivity index (χ1v) is 10.4. The number of ether oxygens (including phenoxy) is 1. The first-order chi connectivity index (χ1) is 12.6. The van der Waals surface area contributed by atoms with E-state index in [0.717, 1.165) is 42.4 Å². The van der Waals surface area contributed by atoms with E-state index in [9.17, 15) is 4.79 Å². The van der Waals surface area contributed by atoms with E-state index in [1.54, 1.807) is 0 Å². The minimum atomic E-state index is -0.109. The molecule has 140 valence electrons. The van der Waals surface area contributed by atoms with Crippen molar-refractivity contribution in [3.8, 4) is 5.75 Å². The first-order valence-electron chi connectivity index (χ1n) is 10.4. The van der Waals surface area contributed by atoms with E-state index in [0.29, 0.717) is 6.04 Å². The van der Waals surface area contributed by atoms with E-state index < -0.39 is 0 Å². The highest BCUT2D eigenvalue weighted by Gasteiger charge is 2.49. The van der Waals surface area contributed by atoms with Crippen LogP contribution >= 0.6 is 0 Å².